The first kappa shape index (κ1) is 22.5. The Labute approximate surface area is 191 Å². The molecule has 2 N–H and O–H groups in total. The monoisotopic (exact) mass is 453 g/mol. The van der Waals surface area contributed by atoms with Gasteiger partial charge in [0.2, 0.25) is 11.8 Å². The standard InChI is InChI=1S/C24H21Cl2N3O2/c1-16(13-23(30)27-22-12-11-20(25)15-21(22)26)28-29-24(31)14-17-7-9-19(10-8-17)18-5-3-2-4-6-18/h2-12,15H,13-14H2,1H3,(H,27,30)(H,29,31)/b28-16-. The van der Waals surface area contributed by atoms with Crippen molar-refractivity contribution in [2.24, 2.45) is 5.10 Å². The van der Waals surface area contributed by atoms with E-state index in [4.69, 9.17) is 23.2 Å². The van der Waals surface area contributed by atoms with E-state index in [1.165, 1.54) is 0 Å². The lowest BCUT2D eigenvalue weighted by Crippen LogP contribution is -2.22. The van der Waals surface area contributed by atoms with E-state index in [9.17, 15) is 9.59 Å². The van der Waals surface area contributed by atoms with Gasteiger partial charge >= 0.3 is 0 Å². The van der Waals surface area contributed by atoms with Crippen LogP contribution in [-0.4, -0.2) is 17.5 Å². The minimum absolute atomic E-state index is 0.0189. The van der Waals surface area contributed by atoms with Crippen molar-refractivity contribution in [3.8, 4) is 11.1 Å². The predicted molar refractivity (Wildman–Crippen MR) is 127 cm³/mol. The van der Waals surface area contributed by atoms with Gasteiger partial charge in [0.1, 0.15) is 0 Å². The highest BCUT2D eigenvalue weighted by molar-refractivity contribution is 6.36. The molecule has 3 rings (SSSR count). The van der Waals surface area contributed by atoms with Crippen molar-refractivity contribution in [3.05, 3.63) is 88.4 Å². The number of hydrogen-bond donors (Lipinski definition) is 2. The lowest BCUT2D eigenvalue weighted by atomic mass is 10.0. The molecule has 0 aliphatic heterocycles. The molecular weight excluding hydrogens is 433 g/mol. The van der Waals surface area contributed by atoms with Gasteiger partial charge in [-0.1, -0.05) is 77.8 Å². The third kappa shape index (κ3) is 6.95. The summed E-state index contributed by atoms with van der Waals surface area (Å²) < 4.78 is 0. The van der Waals surface area contributed by atoms with Crippen molar-refractivity contribution in [2.45, 2.75) is 19.8 Å². The van der Waals surface area contributed by atoms with Crippen LogP contribution >= 0.6 is 23.2 Å². The molecule has 0 aliphatic rings. The number of amides is 2. The van der Waals surface area contributed by atoms with Gasteiger partial charge in [0.15, 0.2) is 0 Å². The fraction of sp³-hybridized carbons (Fsp3) is 0.125. The van der Waals surface area contributed by atoms with E-state index in [1.54, 1.807) is 25.1 Å². The van der Waals surface area contributed by atoms with Gasteiger partial charge in [0, 0.05) is 10.7 Å². The predicted octanol–water partition coefficient (Wildman–Crippen LogP) is 5.72. The molecule has 0 unspecified atom stereocenters. The number of halogens is 2. The zero-order chi connectivity index (χ0) is 22.2. The van der Waals surface area contributed by atoms with Gasteiger partial charge in [-0.25, -0.2) is 5.43 Å². The minimum atomic E-state index is -0.295. The summed E-state index contributed by atoms with van der Waals surface area (Å²) in [7, 11) is 0. The number of rotatable bonds is 7. The van der Waals surface area contributed by atoms with Gasteiger partial charge in [0.25, 0.3) is 0 Å². The zero-order valence-electron chi connectivity index (χ0n) is 16.9. The normalized spacial score (nSPS) is 11.1. The van der Waals surface area contributed by atoms with Crippen LogP contribution in [0.5, 0.6) is 0 Å². The number of hydrazone groups is 1. The van der Waals surface area contributed by atoms with Gasteiger partial charge in [-0.3, -0.25) is 9.59 Å². The molecule has 31 heavy (non-hydrogen) atoms. The molecule has 0 bridgehead atoms. The van der Waals surface area contributed by atoms with E-state index >= 15 is 0 Å². The second-order valence-electron chi connectivity index (χ2n) is 6.97. The number of anilines is 1. The Balaban J connectivity index is 1.49. The summed E-state index contributed by atoms with van der Waals surface area (Å²) in [5, 5.41) is 7.53. The number of hydrogen-bond acceptors (Lipinski definition) is 3. The summed E-state index contributed by atoms with van der Waals surface area (Å²) in [6.45, 7) is 1.66. The molecule has 0 spiro atoms. The maximum Gasteiger partial charge on any atom is 0.244 e. The Morgan fingerprint density at radius 2 is 1.55 bits per heavy atom. The highest BCUT2D eigenvalue weighted by atomic mass is 35.5. The van der Waals surface area contributed by atoms with Crippen molar-refractivity contribution in [1.82, 2.24) is 5.43 Å². The number of nitrogens with one attached hydrogen (secondary N) is 2. The lowest BCUT2D eigenvalue weighted by molar-refractivity contribution is -0.120. The maximum atomic E-state index is 12.2. The highest BCUT2D eigenvalue weighted by Crippen LogP contribution is 2.25. The van der Waals surface area contributed by atoms with Gasteiger partial charge in [-0.2, -0.15) is 5.10 Å². The van der Waals surface area contributed by atoms with Crippen LogP contribution in [0, 0.1) is 0 Å². The van der Waals surface area contributed by atoms with Crippen molar-refractivity contribution in [3.63, 3.8) is 0 Å². The van der Waals surface area contributed by atoms with Gasteiger partial charge in [0.05, 0.1) is 23.6 Å². The number of carbonyl (C=O) groups excluding carboxylic acids is 2. The van der Waals surface area contributed by atoms with Crippen LogP contribution in [-0.2, 0) is 16.0 Å². The second-order valence-corrected chi connectivity index (χ2v) is 7.81. The summed E-state index contributed by atoms with van der Waals surface area (Å²) in [4.78, 5) is 24.3. The third-order valence-corrected chi connectivity index (χ3v) is 4.97. The van der Waals surface area contributed by atoms with Crippen LogP contribution in [0.25, 0.3) is 11.1 Å². The van der Waals surface area contributed by atoms with Gasteiger partial charge in [-0.15, -0.1) is 0 Å². The SMILES string of the molecule is C/C(CC(=O)Nc1ccc(Cl)cc1Cl)=N/NC(=O)Cc1ccc(-c2ccccc2)cc1. The van der Waals surface area contributed by atoms with E-state index < -0.39 is 0 Å². The summed E-state index contributed by atoms with van der Waals surface area (Å²) in [5.41, 5.74) is 6.51. The maximum absolute atomic E-state index is 12.2. The molecule has 0 saturated heterocycles. The Kier molecular flexibility index (Phi) is 7.82. The number of benzene rings is 3. The number of carbonyl (C=O) groups is 2. The van der Waals surface area contributed by atoms with Crippen LogP contribution in [0.1, 0.15) is 18.9 Å². The first-order valence-electron chi connectivity index (χ1n) is 9.62. The molecule has 0 aromatic heterocycles. The molecular formula is C24H21Cl2N3O2. The fourth-order valence-electron chi connectivity index (χ4n) is 2.89. The van der Waals surface area contributed by atoms with Crippen LogP contribution in [0.15, 0.2) is 77.9 Å². The van der Waals surface area contributed by atoms with E-state index in [0.29, 0.717) is 21.4 Å². The van der Waals surface area contributed by atoms with E-state index in [1.807, 2.05) is 54.6 Å². The van der Waals surface area contributed by atoms with E-state index in [-0.39, 0.29) is 24.7 Å². The molecule has 7 heteroatoms. The molecule has 0 fully saturated rings. The third-order valence-electron chi connectivity index (χ3n) is 4.42. The Bertz CT molecular complexity index is 1100. The van der Waals surface area contributed by atoms with Crippen LogP contribution in [0.4, 0.5) is 5.69 Å². The summed E-state index contributed by atoms with van der Waals surface area (Å²) >= 11 is 11.9. The second kappa shape index (κ2) is 10.8. The van der Waals surface area contributed by atoms with E-state index in [2.05, 4.69) is 15.8 Å². The molecule has 5 nitrogen and oxygen atoms in total. The van der Waals surface area contributed by atoms with E-state index in [0.717, 1.165) is 16.7 Å². The molecule has 3 aromatic carbocycles. The molecule has 2 amide bonds. The summed E-state index contributed by atoms with van der Waals surface area (Å²) in [6, 6.07) is 22.6. The van der Waals surface area contributed by atoms with Gasteiger partial charge in [-0.05, 0) is 41.8 Å². The average Bonchev–Trinajstić information content (AvgIpc) is 2.75. The molecule has 0 saturated carbocycles. The largest absolute Gasteiger partial charge is 0.324 e. The Morgan fingerprint density at radius 1 is 0.871 bits per heavy atom. The Morgan fingerprint density at radius 3 is 2.23 bits per heavy atom. The van der Waals surface area contributed by atoms with Crippen molar-refractivity contribution in [2.75, 3.05) is 5.32 Å². The molecule has 3 aromatic rings. The van der Waals surface area contributed by atoms with Crippen molar-refractivity contribution >= 4 is 46.4 Å². The lowest BCUT2D eigenvalue weighted by Gasteiger charge is -2.08. The van der Waals surface area contributed by atoms with Gasteiger partial charge < -0.3 is 5.32 Å². The smallest absolute Gasteiger partial charge is 0.244 e. The molecule has 0 atom stereocenters. The Hall–Kier alpha value is -3.15. The summed E-state index contributed by atoms with van der Waals surface area (Å²) in [6.07, 6.45) is 0.212. The van der Waals surface area contributed by atoms with Crippen LogP contribution in [0.2, 0.25) is 10.0 Å². The minimum Gasteiger partial charge on any atom is -0.324 e. The van der Waals surface area contributed by atoms with Crippen molar-refractivity contribution in [1.29, 1.82) is 0 Å². The zero-order valence-corrected chi connectivity index (χ0v) is 18.4. The first-order chi connectivity index (χ1) is 14.9. The van der Waals surface area contributed by atoms with Crippen molar-refractivity contribution < 1.29 is 9.59 Å². The summed E-state index contributed by atoms with van der Waals surface area (Å²) in [5.74, 6) is -0.552. The topological polar surface area (TPSA) is 70.6 Å². The molecule has 0 aliphatic carbocycles. The molecule has 0 radical (unpaired) electrons. The van der Waals surface area contributed by atoms with Crippen LogP contribution in [0.3, 0.4) is 0 Å². The first-order valence-corrected chi connectivity index (χ1v) is 10.4. The molecule has 158 valence electrons. The quantitative estimate of drug-likeness (QED) is 0.354. The highest BCUT2D eigenvalue weighted by Gasteiger charge is 2.09. The average molecular weight is 454 g/mol. The molecule has 0 heterocycles. The van der Waals surface area contributed by atoms with Crippen LogP contribution < -0.4 is 10.7 Å². The number of nitrogens with zero attached hydrogens (tertiary/aromatic N) is 1. The fourth-order valence-corrected chi connectivity index (χ4v) is 3.34.